The van der Waals surface area contributed by atoms with Crippen LogP contribution in [0.3, 0.4) is 0 Å². The molecule has 29 heavy (non-hydrogen) atoms. The molecule has 1 aliphatic carbocycles. The summed E-state index contributed by atoms with van der Waals surface area (Å²) in [7, 11) is 1.68. The van der Waals surface area contributed by atoms with Crippen LogP contribution in [0.2, 0.25) is 0 Å². The number of nitrogens with zero attached hydrogens (tertiary/aromatic N) is 2. The summed E-state index contributed by atoms with van der Waals surface area (Å²) in [5.74, 6) is -0.331. The minimum absolute atomic E-state index is 0.00234. The highest BCUT2D eigenvalue weighted by Gasteiger charge is 2.26. The first-order valence-electron chi connectivity index (χ1n) is 9.97. The molecule has 0 saturated carbocycles. The van der Waals surface area contributed by atoms with Crippen LogP contribution in [-0.4, -0.2) is 35.3 Å². The lowest BCUT2D eigenvalue weighted by atomic mass is 10.00. The smallest absolute Gasteiger partial charge is 0.255 e. The third-order valence-corrected chi connectivity index (χ3v) is 5.74. The molecule has 0 radical (unpaired) electrons. The Morgan fingerprint density at radius 1 is 1.07 bits per heavy atom. The highest BCUT2D eigenvalue weighted by Crippen LogP contribution is 2.30. The third kappa shape index (κ3) is 3.60. The normalized spacial score (nSPS) is 12.7. The summed E-state index contributed by atoms with van der Waals surface area (Å²) in [5.41, 5.74) is 6.52. The quantitative estimate of drug-likeness (QED) is 0.735. The molecule has 0 atom stereocenters. The van der Waals surface area contributed by atoms with Gasteiger partial charge in [0.05, 0.1) is 17.6 Å². The summed E-state index contributed by atoms with van der Waals surface area (Å²) >= 11 is 0. The maximum atomic E-state index is 13.3. The van der Waals surface area contributed by atoms with E-state index in [0.717, 1.165) is 58.2 Å². The molecule has 0 spiro atoms. The molecule has 0 saturated heterocycles. The molecule has 2 amide bonds. The number of pyridine rings is 1. The second-order valence-corrected chi connectivity index (χ2v) is 7.74. The molecule has 148 valence electrons. The van der Waals surface area contributed by atoms with Crippen LogP contribution >= 0.6 is 0 Å². The standard InChI is InChI=1S/C24H25N3O2/c1-15-8-6-12-19(16(15)2)26-22(28)14-27(3)24(29)23-17-9-4-5-11-20(17)25-21-13-7-10-18(21)23/h4-6,8-9,11-12H,7,10,13-14H2,1-3H3,(H,26,28). The van der Waals surface area contributed by atoms with E-state index in [1.807, 2.05) is 56.3 Å². The summed E-state index contributed by atoms with van der Waals surface area (Å²) in [6, 6.07) is 13.6. The highest BCUT2D eigenvalue weighted by atomic mass is 16.2. The van der Waals surface area contributed by atoms with Crippen molar-refractivity contribution in [2.75, 3.05) is 18.9 Å². The molecule has 4 rings (SSSR count). The van der Waals surface area contributed by atoms with Crippen LogP contribution in [0.5, 0.6) is 0 Å². The molecule has 5 nitrogen and oxygen atoms in total. The van der Waals surface area contributed by atoms with E-state index in [-0.39, 0.29) is 18.4 Å². The maximum absolute atomic E-state index is 13.3. The molecule has 0 fully saturated rings. The van der Waals surface area contributed by atoms with Gasteiger partial charge in [0, 0.05) is 23.8 Å². The molecule has 1 aromatic heterocycles. The fourth-order valence-electron chi connectivity index (χ4n) is 4.01. The van der Waals surface area contributed by atoms with Gasteiger partial charge >= 0.3 is 0 Å². The Balaban J connectivity index is 1.59. The second-order valence-electron chi connectivity index (χ2n) is 7.74. The number of amides is 2. The van der Waals surface area contributed by atoms with Crippen molar-refractivity contribution in [3.05, 3.63) is 70.4 Å². The van der Waals surface area contributed by atoms with E-state index in [0.29, 0.717) is 5.56 Å². The molecular formula is C24H25N3O2. The Hall–Kier alpha value is -3.21. The fourth-order valence-corrected chi connectivity index (χ4v) is 4.01. The number of aromatic nitrogens is 1. The minimum Gasteiger partial charge on any atom is -0.332 e. The van der Waals surface area contributed by atoms with E-state index in [9.17, 15) is 9.59 Å². The molecule has 0 unspecified atom stereocenters. The first-order chi connectivity index (χ1) is 14.0. The van der Waals surface area contributed by atoms with Gasteiger partial charge in [-0.15, -0.1) is 0 Å². The van der Waals surface area contributed by atoms with E-state index >= 15 is 0 Å². The molecule has 1 heterocycles. The lowest BCUT2D eigenvalue weighted by Gasteiger charge is -2.20. The zero-order valence-corrected chi connectivity index (χ0v) is 17.1. The number of aryl methyl sites for hydroxylation is 2. The Kier molecular flexibility index (Phi) is 5.05. The van der Waals surface area contributed by atoms with Crippen LogP contribution < -0.4 is 5.32 Å². The van der Waals surface area contributed by atoms with Crippen LogP contribution in [0.15, 0.2) is 42.5 Å². The fraction of sp³-hybridized carbons (Fsp3) is 0.292. The van der Waals surface area contributed by atoms with Gasteiger partial charge in [0.25, 0.3) is 5.91 Å². The summed E-state index contributed by atoms with van der Waals surface area (Å²) in [4.78, 5) is 32.2. The van der Waals surface area contributed by atoms with E-state index in [1.165, 1.54) is 4.90 Å². The van der Waals surface area contributed by atoms with E-state index in [2.05, 4.69) is 5.32 Å². The van der Waals surface area contributed by atoms with Gasteiger partial charge in [-0.2, -0.15) is 0 Å². The van der Waals surface area contributed by atoms with Crippen LogP contribution in [0.1, 0.15) is 39.2 Å². The number of nitrogens with one attached hydrogen (secondary N) is 1. The largest absolute Gasteiger partial charge is 0.332 e. The Bertz CT molecular complexity index is 1120. The monoisotopic (exact) mass is 387 g/mol. The number of benzene rings is 2. The van der Waals surface area contributed by atoms with Crippen LogP contribution in [0.25, 0.3) is 10.9 Å². The van der Waals surface area contributed by atoms with Crippen LogP contribution in [0.4, 0.5) is 5.69 Å². The number of hydrogen-bond donors (Lipinski definition) is 1. The van der Waals surface area contributed by atoms with Crippen molar-refractivity contribution in [1.29, 1.82) is 0 Å². The van der Waals surface area contributed by atoms with Gasteiger partial charge in [0.1, 0.15) is 0 Å². The van der Waals surface area contributed by atoms with Crippen molar-refractivity contribution < 1.29 is 9.59 Å². The van der Waals surface area contributed by atoms with Crippen molar-refractivity contribution in [3.8, 4) is 0 Å². The van der Waals surface area contributed by atoms with Gasteiger partial charge in [-0.3, -0.25) is 14.6 Å². The van der Waals surface area contributed by atoms with E-state index in [4.69, 9.17) is 4.98 Å². The van der Waals surface area contributed by atoms with Crippen LogP contribution in [0, 0.1) is 13.8 Å². The summed E-state index contributed by atoms with van der Waals surface area (Å²) in [6.45, 7) is 3.99. The predicted octanol–water partition coefficient (Wildman–Crippen LogP) is 4.05. The van der Waals surface area contributed by atoms with E-state index < -0.39 is 0 Å². The average Bonchev–Trinajstić information content (AvgIpc) is 3.17. The summed E-state index contributed by atoms with van der Waals surface area (Å²) in [5, 5.41) is 3.79. The third-order valence-electron chi connectivity index (χ3n) is 5.74. The van der Waals surface area contributed by atoms with Gasteiger partial charge in [0.2, 0.25) is 5.91 Å². The number of fused-ring (bicyclic) bond motifs is 2. The number of anilines is 1. The van der Waals surface area contributed by atoms with Gasteiger partial charge in [0.15, 0.2) is 0 Å². The van der Waals surface area contributed by atoms with Crippen molar-refractivity contribution in [3.63, 3.8) is 0 Å². The molecule has 3 aromatic rings. The van der Waals surface area contributed by atoms with Gasteiger partial charge < -0.3 is 10.2 Å². The molecule has 0 aliphatic heterocycles. The zero-order valence-electron chi connectivity index (χ0n) is 17.1. The molecule has 2 aromatic carbocycles. The van der Waals surface area contributed by atoms with Gasteiger partial charge in [-0.1, -0.05) is 30.3 Å². The SMILES string of the molecule is Cc1cccc(NC(=O)CN(C)C(=O)c2c3c(nc4ccccc24)CCC3)c1C. The molecule has 1 N–H and O–H groups in total. The number of likely N-dealkylation sites (N-methyl/N-ethyl adjacent to an activating group) is 1. The van der Waals surface area contributed by atoms with Gasteiger partial charge in [-0.25, -0.2) is 0 Å². The molecule has 1 aliphatic rings. The number of hydrogen-bond acceptors (Lipinski definition) is 3. The van der Waals surface area contributed by atoms with Gasteiger partial charge in [-0.05, 0) is 61.9 Å². The molecule has 0 bridgehead atoms. The average molecular weight is 387 g/mol. The lowest BCUT2D eigenvalue weighted by molar-refractivity contribution is -0.116. The summed E-state index contributed by atoms with van der Waals surface area (Å²) < 4.78 is 0. The lowest BCUT2D eigenvalue weighted by Crippen LogP contribution is -2.35. The topological polar surface area (TPSA) is 62.3 Å². The first-order valence-corrected chi connectivity index (χ1v) is 9.97. The Morgan fingerprint density at radius 2 is 1.86 bits per heavy atom. The number of rotatable bonds is 4. The maximum Gasteiger partial charge on any atom is 0.255 e. The van der Waals surface area contributed by atoms with Crippen molar-refractivity contribution in [2.24, 2.45) is 0 Å². The first kappa shape index (κ1) is 19.1. The minimum atomic E-state index is -0.204. The Labute approximate surface area is 170 Å². The predicted molar refractivity (Wildman–Crippen MR) is 115 cm³/mol. The van der Waals surface area contributed by atoms with Crippen molar-refractivity contribution in [1.82, 2.24) is 9.88 Å². The number of carbonyl (C=O) groups excluding carboxylic acids is 2. The molecule has 5 heteroatoms. The van der Waals surface area contributed by atoms with E-state index in [1.54, 1.807) is 7.05 Å². The number of carbonyl (C=O) groups is 2. The van der Waals surface area contributed by atoms with Crippen molar-refractivity contribution >= 4 is 28.4 Å². The zero-order chi connectivity index (χ0) is 20.5. The highest BCUT2D eigenvalue weighted by molar-refractivity contribution is 6.09. The summed E-state index contributed by atoms with van der Waals surface area (Å²) in [6.07, 6.45) is 2.77. The van der Waals surface area contributed by atoms with Crippen LogP contribution in [-0.2, 0) is 17.6 Å². The second kappa shape index (κ2) is 7.66. The molecular weight excluding hydrogens is 362 g/mol. The Morgan fingerprint density at radius 3 is 2.69 bits per heavy atom. The number of para-hydroxylation sites is 1. The van der Waals surface area contributed by atoms with Crippen molar-refractivity contribution in [2.45, 2.75) is 33.1 Å².